The Bertz CT molecular complexity index is 416. The van der Waals surface area contributed by atoms with Gasteiger partial charge in [-0.3, -0.25) is 14.6 Å². The van der Waals surface area contributed by atoms with Gasteiger partial charge in [-0.25, -0.2) is 0 Å². The summed E-state index contributed by atoms with van der Waals surface area (Å²) < 4.78 is 0. The molecule has 1 unspecified atom stereocenters. The van der Waals surface area contributed by atoms with E-state index in [0.29, 0.717) is 18.0 Å². The van der Waals surface area contributed by atoms with Crippen LogP contribution in [-0.4, -0.2) is 53.8 Å². The monoisotopic (exact) mass is 253 g/mol. The molecule has 0 N–H and O–H groups in total. The molecule has 5 nitrogen and oxygen atoms in total. The van der Waals surface area contributed by atoms with E-state index in [1.807, 2.05) is 0 Å². The van der Waals surface area contributed by atoms with Crippen LogP contribution in [0.25, 0.3) is 0 Å². The summed E-state index contributed by atoms with van der Waals surface area (Å²) in [6.45, 7) is 1.18. The molecule has 0 aliphatic carbocycles. The molecule has 6 heteroatoms. The second kappa shape index (κ2) is 4.83. The SMILES string of the molecule is CN(C)C(=O)C1CCN(C(=O)c2cncs2)C1. The van der Waals surface area contributed by atoms with Gasteiger partial charge in [-0.05, 0) is 6.42 Å². The number of carbonyl (C=O) groups excluding carboxylic acids is 2. The lowest BCUT2D eigenvalue weighted by Gasteiger charge is -2.17. The van der Waals surface area contributed by atoms with Crippen molar-refractivity contribution in [2.45, 2.75) is 6.42 Å². The predicted octanol–water partition coefficient (Wildman–Crippen LogP) is 0.693. The molecular formula is C11H15N3O2S. The van der Waals surface area contributed by atoms with Gasteiger partial charge in [-0.15, -0.1) is 11.3 Å². The van der Waals surface area contributed by atoms with Gasteiger partial charge < -0.3 is 9.80 Å². The molecule has 1 atom stereocenters. The molecule has 0 spiro atoms. The minimum Gasteiger partial charge on any atom is -0.349 e. The second-order valence-electron chi connectivity index (χ2n) is 4.34. The quantitative estimate of drug-likeness (QED) is 0.779. The van der Waals surface area contributed by atoms with Gasteiger partial charge >= 0.3 is 0 Å². The Morgan fingerprint density at radius 1 is 1.53 bits per heavy atom. The van der Waals surface area contributed by atoms with Gasteiger partial charge in [-0.1, -0.05) is 0 Å². The van der Waals surface area contributed by atoms with Crippen LogP contribution in [0.5, 0.6) is 0 Å². The van der Waals surface area contributed by atoms with Crippen molar-refractivity contribution in [2.24, 2.45) is 5.92 Å². The molecule has 92 valence electrons. The number of hydrogen-bond acceptors (Lipinski definition) is 4. The zero-order valence-corrected chi connectivity index (χ0v) is 10.7. The van der Waals surface area contributed by atoms with E-state index < -0.39 is 0 Å². The number of aromatic nitrogens is 1. The van der Waals surface area contributed by atoms with Crippen LogP contribution in [0, 0.1) is 5.92 Å². The molecule has 0 saturated carbocycles. The number of rotatable bonds is 2. The molecule has 2 heterocycles. The first-order valence-corrected chi connectivity index (χ1v) is 6.36. The van der Waals surface area contributed by atoms with Gasteiger partial charge in [0.05, 0.1) is 17.6 Å². The van der Waals surface area contributed by atoms with Crippen LogP contribution < -0.4 is 0 Å². The number of thiazole rings is 1. The Morgan fingerprint density at radius 2 is 2.29 bits per heavy atom. The Hall–Kier alpha value is -1.43. The number of likely N-dealkylation sites (tertiary alicyclic amines) is 1. The molecule has 1 aliphatic rings. The number of amides is 2. The van der Waals surface area contributed by atoms with Crippen LogP contribution in [0.4, 0.5) is 0 Å². The normalized spacial score (nSPS) is 19.4. The average molecular weight is 253 g/mol. The van der Waals surface area contributed by atoms with Gasteiger partial charge in [0.1, 0.15) is 4.88 Å². The summed E-state index contributed by atoms with van der Waals surface area (Å²) in [5.74, 6) is 0.0352. The molecule has 1 fully saturated rings. The van der Waals surface area contributed by atoms with Crippen molar-refractivity contribution in [3.63, 3.8) is 0 Å². The first kappa shape index (κ1) is 12.0. The molecule has 1 aromatic rings. The highest BCUT2D eigenvalue weighted by atomic mass is 32.1. The van der Waals surface area contributed by atoms with E-state index in [0.717, 1.165) is 6.42 Å². The summed E-state index contributed by atoms with van der Waals surface area (Å²) in [6.07, 6.45) is 2.33. The largest absolute Gasteiger partial charge is 0.349 e. The Labute approximate surface area is 104 Å². The fourth-order valence-electron chi connectivity index (χ4n) is 1.99. The number of hydrogen-bond donors (Lipinski definition) is 0. The van der Waals surface area contributed by atoms with Crippen molar-refractivity contribution in [3.05, 3.63) is 16.6 Å². The standard InChI is InChI=1S/C11H15N3O2S/c1-13(2)10(15)8-3-4-14(6-8)11(16)9-5-12-7-17-9/h5,7-8H,3-4,6H2,1-2H3. The minimum absolute atomic E-state index is 0.0124. The molecule has 2 amide bonds. The van der Waals surface area contributed by atoms with Crippen molar-refractivity contribution in [2.75, 3.05) is 27.2 Å². The van der Waals surface area contributed by atoms with E-state index in [4.69, 9.17) is 0 Å². The zero-order valence-electron chi connectivity index (χ0n) is 9.92. The first-order valence-electron chi connectivity index (χ1n) is 5.48. The topological polar surface area (TPSA) is 53.5 Å². The maximum Gasteiger partial charge on any atom is 0.265 e. The summed E-state index contributed by atoms with van der Waals surface area (Å²) in [4.78, 5) is 31.7. The minimum atomic E-state index is -0.0538. The fourth-order valence-corrected chi connectivity index (χ4v) is 2.58. The molecule has 0 radical (unpaired) electrons. The lowest BCUT2D eigenvalue weighted by Crippen LogP contribution is -2.33. The van der Waals surface area contributed by atoms with E-state index >= 15 is 0 Å². The van der Waals surface area contributed by atoms with Crippen LogP contribution in [0.1, 0.15) is 16.1 Å². The smallest absolute Gasteiger partial charge is 0.265 e. The van der Waals surface area contributed by atoms with Gasteiger partial charge in [0.25, 0.3) is 5.91 Å². The Balaban J connectivity index is 1.99. The molecule has 0 aromatic carbocycles. The number of nitrogens with zero attached hydrogens (tertiary/aromatic N) is 3. The molecule has 17 heavy (non-hydrogen) atoms. The number of carbonyl (C=O) groups is 2. The van der Waals surface area contributed by atoms with Gasteiger partial charge in [0.2, 0.25) is 5.91 Å². The summed E-state index contributed by atoms with van der Waals surface area (Å²) in [5.41, 5.74) is 1.64. The van der Waals surface area contributed by atoms with Crippen molar-refractivity contribution < 1.29 is 9.59 Å². The Kier molecular flexibility index (Phi) is 3.42. The highest BCUT2D eigenvalue weighted by Gasteiger charge is 2.32. The molecular weight excluding hydrogens is 238 g/mol. The van der Waals surface area contributed by atoms with Crippen molar-refractivity contribution in [1.82, 2.24) is 14.8 Å². The highest BCUT2D eigenvalue weighted by molar-refractivity contribution is 7.11. The van der Waals surface area contributed by atoms with Crippen molar-refractivity contribution >= 4 is 23.2 Å². The molecule has 1 saturated heterocycles. The third-order valence-corrected chi connectivity index (χ3v) is 3.67. The van der Waals surface area contributed by atoms with Crippen LogP contribution in [0.3, 0.4) is 0 Å². The van der Waals surface area contributed by atoms with Crippen molar-refractivity contribution in [1.29, 1.82) is 0 Å². The summed E-state index contributed by atoms with van der Waals surface area (Å²) in [5, 5.41) is 0. The highest BCUT2D eigenvalue weighted by Crippen LogP contribution is 2.21. The van der Waals surface area contributed by atoms with Gasteiger partial charge in [0, 0.05) is 27.2 Å². The lowest BCUT2D eigenvalue weighted by atomic mass is 10.1. The summed E-state index contributed by atoms with van der Waals surface area (Å²) in [6, 6.07) is 0. The Morgan fingerprint density at radius 3 is 2.88 bits per heavy atom. The summed E-state index contributed by atoms with van der Waals surface area (Å²) >= 11 is 1.34. The predicted molar refractivity (Wildman–Crippen MR) is 64.8 cm³/mol. The van der Waals surface area contributed by atoms with Crippen LogP contribution in [0.15, 0.2) is 11.7 Å². The average Bonchev–Trinajstić information content (AvgIpc) is 2.98. The molecule has 2 rings (SSSR count). The first-order chi connectivity index (χ1) is 8.09. The van der Waals surface area contributed by atoms with E-state index in [1.54, 1.807) is 35.6 Å². The van der Waals surface area contributed by atoms with Crippen molar-refractivity contribution in [3.8, 4) is 0 Å². The third kappa shape index (κ3) is 2.46. The van der Waals surface area contributed by atoms with E-state index in [1.165, 1.54) is 11.3 Å². The summed E-state index contributed by atoms with van der Waals surface area (Å²) in [7, 11) is 3.49. The second-order valence-corrected chi connectivity index (χ2v) is 5.22. The molecule has 1 aliphatic heterocycles. The van der Waals surface area contributed by atoms with Crippen LogP contribution in [0.2, 0.25) is 0 Å². The lowest BCUT2D eigenvalue weighted by molar-refractivity contribution is -0.132. The van der Waals surface area contributed by atoms with Crippen LogP contribution >= 0.6 is 11.3 Å². The van der Waals surface area contributed by atoms with Gasteiger partial charge in [0.15, 0.2) is 0 Å². The van der Waals surface area contributed by atoms with E-state index in [-0.39, 0.29) is 17.7 Å². The van der Waals surface area contributed by atoms with Crippen LogP contribution in [-0.2, 0) is 4.79 Å². The zero-order chi connectivity index (χ0) is 12.4. The fraction of sp³-hybridized carbons (Fsp3) is 0.545. The third-order valence-electron chi connectivity index (χ3n) is 2.91. The maximum atomic E-state index is 12.0. The molecule has 1 aromatic heterocycles. The molecule has 0 bridgehead atoms. The maximum absolute atomic E-state index is 12.0. The van der Waals surface area contributed by atoms with Gasteiger partial charge in [-0.2, -0.15) is 0 Å². The van der Waals surface area contributed by atoms with E-state index in [9.17, 15) is 9.59 Å². The van der Waals surface area contributed by atoms with E-state index in [2.05, 4.69) is 4.98 Å².